The summed E-state index contributed by atoms with van der Waals surface area (Å²) in [4.78, 5) is 35.2. The molecule has 0 heterocycles. The molecule has 0 aromatic heterocycles. The normalized spacial score (nSPS) is 12.9. The van der Waals surface area contributed by atoms with Gasteiger partial charge in [0, 0.05) is 5.56 Å². The van der Waals surface area contributed by atoms with Crippen LogP contribution in [-0.4, -0.2) is 40.1 Å². The summed E-state index contributed by atoms with van der Waals surface area (Å²) in [5.74, 6) is -3.84. The third kappa shape index (κ3) is 4.10. The second-order valence-corrected chi connectivity index (χ2v) is 5.43. The van der Waals surface area contributed by atoms with Crippen molar-refractivity contribution in [2.24, 2.45) is 0 Å². The van der Waals surface area contributed by atoms with Crippen molar-refractivity contribution in [1.29, 1.82) is 0 Å². The lowest BCUT2D eigenvalue weighted by Crippen LogP contribution is -2.49. The van der Waals surface area contributed by atoms with Crippen molar-refractivity contribution >= 4 is 17.7 Å². The van der Waals surface area contributed by atoms with E-state index in [0.29, 0.717) is 0 Å². The van der Waals surface area contributed by atoms with Crippen LogP contribution in [0.4, 0.5) is 0 Å². The molecule has 0 aliphatic rings. The molecule has 0 saturated heterocycles. The Morgan fingerprint density at radius 3 is 2.04 bits per heavy atom. The first-order chi connectivity index (χ1) is 11.9. The number of ether oxygens (including phenoxy) is 1. The molecule has 2 N–H and O–H groups in total. The second-order valence-electron chi connectivity index (χ2n) is 5.43. The number of aliphatic hydroxyl groups is 1. The lowest BCUT2D eigenvalue weighted by atomic mass is 9.93. The van der Waals surface area contributed by atoms with E-state index in [9.17, 15) is 19.5 Å². The van der Waals surface area contributed by atoms with Crippen molar-refractivity contribution in [3.63, 3.8) is 0 Å². The van der Waals surface area contributed by atoms with Crippen LogP contribution in [0, 0.1) is 0 Å². The van der Waals surface area contributed by atoms with Gasteiger partial charge < -0.3 is 14.9 Å². The van der Waals surface area contributed by atoms with Gasteiger partial charge in [-0.2, -0.15) is 0 Å². The highest BCUT2D eigenvalue weighted by Gasteiger charge is 2.47. The number of benzene rings is 2. The van der Waals surface area contributed by atoms with Gasteiger partial charge in [0.1, 0.15) is 0 Å². The predicted molar refractivity (Wildman–Crippen MR) is 90.0 cm³/mol. The van der Waals surface area contributed by atoms with Gasteiger partial charge in [-0.3, -0.25) is 4.79 Å². The molecule has 0 fully saturated rings. The average Bonchev–Trinajstić information content (AvgIpc) is 2.62. The number of esters is 1. The van der Waals surface area contributed by atoms with Crippen molar-refractivity contribution < 1.29 is 29.3 Å². The first-order valence-electron chi connectivity index (χ1n) is 7.70. The smallest absolute Gasteiger partial charge is 0.350 e. The quantitative estimate of drug-likeness (QED) is 0.455. The summed E-state index contributed by atoms with van der Waals surface area (Å²) in [6, 6.07) is 16.0. The molecule has 0 amide bonds. The standard InChI is InChI=1S/C19H18O6/c1-2-25-18(23)19(24,17(21)22)12-16(20)15-10-8-14(9-11-15)13-6-4-3-5-7-13/h3-11,24H,2,12H2,1H3,(H,21,22). The van der Waals surface area contributed by atoms with Gasteiger partial charge in [-0.05, 0) is 18.1 Å². The van der Waals surface area contributed by atoms with Crippen LogP contribution < -0.4 is 0 Å². The molecule has 2 aromatic carbocycles. The Kier molecular flexibility index (Phi) is 5.67. The third-order valence-electron chi connectivity index (χ3n) is 3.70. The van der Waals surface area contributed by atoms with E-state index >= 15 is 0 Å². The van der Waals surface area contributed by atoms with E-state index in [1.165, 1.54) is 19.1 Å². The number of aliphatic carboxylic acids is 1. The number of carbonyl (C=O) groups excluding carboxylic acids is 2. The molecule has 0 bridgehead atoms. The fourth-order valence-corrected chi connectivity index (χ4v) is 2.30. The predicted octanol–water partition coefficient (Wildman–Crippen LogP) is 2.31. The van der Waals surface area contributed by atoms with Gasteiger partial charge in [-0.25, -0.2) is 9.59 Å². The first-order valence-corrected chi connectivity index (χ1v) is 7.70. The number of carboxylic acid groups (broad SMARTS) is 1. The minimum Gasteiger partial charge on any atom is -0.479 e. The van der Waals surface area contributed by atoms with E-state index in [0.717, 1.165) is 11.1 Å². The molecule has 130 valence electrons. The molecule has 1 atom stereocenters. The summed E-state index contributed by atoms with van der Waals surface area (Å²) in [7, 11) is 0. The van der Waals surface area contributed by atoms with E-state index in [2.05, 4.69) is 4.74 Å². The Morgan fingerprint density at radius 2 is 1.52 bits per heavy atom. The summed E-state index contributed by atoms with van der Waals surface area (Å²) in [6.45, 7) is 1.37. The van der Waals surface area contributed by atoms with Gasteiger partial charge in [-0.1, -0.05) is 54.6 Å². The van der Waals surface area contributed by atoms with Crippen LogP contribution in [0.15, 0.2) is 54.6 Å². The molecule has 1 unspecified atom stereocenters. The van der Waals surface area contributed by atoms with Gasteiger partial charge in [0.15, 0.2) is 5.78 Å². The highest BCUT2D eigenvalue weighted by Crippen LogP contribution is 2.22. The van der Waals surface area contributed by atoms with Crippen LogP contribution in [0.2, 0.25) is 0 Å². The molecule has 6 nitrogen and oxygen atoms in total. The maximum atomic E-state index is 12.3. The van der Waals surface area contributed by atoms with Crippen molar-refractivity contribution in [3.05, 3.63) is 60.2 Å². The van der Waals surface area contributed by atoms with Crippen LogP contribution in [0.25, 0.3) is 11.1 Å². The Labute approximate surface area is 144 Å². The van der Waals surface area contributed by atoms with Crippen LogP contribution in [0.1, 0.15) is 23.7 Å². The molecular weight excluding hydrogens is 324 g/mol. The summed E-state index contributed by atoms with van der Waals surface area (Å²) < 4.78 is 4.56. The van der Waals surface area contributed by atoms with E-state index < -0.39 is 29.7 Å². The number of hydrogen-bond acceptors (Lipinski definition) is 5. The van der Waals surface area contributed by atoms with Crippen LogP contribution in [0.3, 0.4) is 0 Å². The molecule has 0 aliphatic heterocycles. The zero-order chi connectivity index (χ0) is 18.4. The highest BCUT2D eigenvalue weighted by atomic mass is 16.6. The maximum Gasteiger partial charge on any atom is 0.350 e. The summed E-state index contributed by atoms with van der Waals surface area (Å²) in [5, 5.41) is 19.2. The fraction of sp³-hybridized carbons (Fsp3) is 0.211. The van der Waals surface area contributed by atoms with E-state index in [4.69, 9.17) is 5.11 Å². The molecule has 0 spiro atoms. The molecule has 2 rings (SSSR count). The lowest BCUT2D eigenvalue weighted by Gasteiger charge is -2.20. The average molecular weight is 342 g/mol. The highest BCUT2D eigenvalue weighted by molar-refractivity contribution is 6.09. The zero-order valence-electron chi connectivity index (χ0n) is 13.6. The monoisotopic (exact) mass is 342 g/mol. The van der Waals surface area contributed by atoms with E-state index in [1.807, 2.05) is 30.3 Å². The van der Waals surface area contributed by atoms with Crippen LogP contribution >= 0.6 is 0 Å². The Morgan fingerprint density at radius 1 is 0.960 bits per heavy atom. The van der Waals surface area contributed by atoms with Crippen molar-refractivity contribution in [2.45, 2.75) is 18.9 Å². The number of carboxylic acids is 1. The molecule has 0 radical (unpaired) electrons. The van der Waals surface area contributed by atoms with Crippen LogP contribution in [0.5, 0.6) is 0 Å². The topological polar surface area (TPSA) is 101 Å². The van der Waals surface area contributed by atoms with Gasteiger partial charge >= 0.3 is 11.9 Å². The third-order valence-corrected chi connectivity index (χ3v) is 3.70. The molecule has 25 heavy (non-hydrogen) atoms. The molecule has 2 aromatic rings. The summed E-state index contributed by atoms with van der Waals surface area (Å²) >= 11 is 0. The number of rotatable bonds is 7. The van der Waals surface area contributed by atoms with Gasteiger partial charge in [-0.15, -0.1) is 0 Å². The lowest BCUT2D eigenvalue weighted by molar-refractivity contribution is -0.179. The van der Waals surface area contributed by atoms with Gasteiger partial charge in [0.05, 0.1) is 13.0 Å². The maximum absolute atomic E-state index is 12.3. The number of hydrogen-bond donors (Lipinski definition) is 2. The molecule has 0 aliphatic carbocycles. The molecule has 6 heteroatoms. The largest absolute Gasteiger partial charge is 0.479 e. The van der Waals surface area contributed by atoms with Crippen LogP contribution in [-0.2, 0) is 14.3 Å². The fourth-order valence-electron chi connectivity index (χ4n) is 2.30. The van der Waals surface area contributed by atoms with Gasteiger partial charge in [0.2, 0.25) is 0 Å². The van der Waals surface area contributed by atoms with Crippen molar-refractivity contribution in [1.82, 2.24) is 0 Å². The van der Waals surface area contributed by atoms with E-state index in [-0.39, 0.29) is 12.2 Å². The number of carbonyl (C=O) groups is 3. The second kappa shape index (κ2) is 7.72. The van der Waals surface area contributed by atoms with Crippen molar-refractivity contribution in [3.8, 4) is 11.1 Å². The minimum absolute atomic E-state index is 0.103. The first kappa shape index (κ1) is 18.4. The minimum atomic E-state index is -2.90. The molecular formula is C19H18O6. The van der Waals surface area contributed by atoms with Gasteiger partial charge in [0.25, 0.3) is 5.60 Å². The van der Waals surface area contributed by atoms with E-state index in [1.54, 1.807) is 12.1 Å². The Hall–Kier alpha value is -2.99. The number of ketones is 1. The van der Waals surface area contributed by atoms with Crippen molar-refractivity contribution in [2.75, 3.05) is 6.61 Å². The Bertz CT molecular complexity index is 766. The molecule has 0 saturated carbocycles. The zero-order valence-corrected chi connectivity index (χ0v) is 13.6. The SMILES string of the molecule is CCOC(=O)C(O)(CC(=O)c1ccc(-c2ccccc2)cc1)C(=O)O. The number of Topliss-reactive ketones (excluding diaryl/α,β-unsaturated/α-hetero) is 1. The Balaban J connectivity index is 2.19. The summed E-state index contributed by atoms with van der Waals surface area (Å²) in [6.07, 6.45) is -0.897. The summed E-state index contributed by atoms with van der Waals surface area (Å²) in [5.41, 5.74) is -0.847.